The summed E-state index contributed by atoms with van der Waals surface area (Å²) in [7, 11) is 0. The molecule has 1 aliphatic heterocycles. The van der Waals surface area contributed by atoms with Crippen LogP contribution in [-0.4, -0.2) is 29.0 Å². The second kappa shape index (κ2) is 7.64. The van der Waals surface area contributed by atoms with Crippen LogP contribution in [0.2, 0.25) is 0 Å². The maximum Gasteiger partial charge on any atom is 0.244 e. The Morgan fingerprint density at radius 3 is 2.93 bits per heavy atom. The van der Waals surface area contributed by atoms with Gasteiger partial charge >= 0.3 is 0 Å². The minimum absolute atomic E-state index is 0.162. The van der Waals surface area contributed by atoms with Crippen LogP contribution in [0.5, 0.6) is 11.5 Å². The Morgan fingerprint density at radius 2 is 2.11 bits per heavy atom. The van der Waals surface area contributed by atoms with Crippen LogP contribution in [0.15, 0.2) is 47.1 Å². The van der Waals surface area contributed by atoms with Gasteiger partial charge in [-0.2, -0.15) is 5.10 Å². The van der Waals surface area contributed by atoms with Crippen molar-refractivity contribution in [2.45, 2.75) is 20.4 Å². The lowest BCUT2D eigenvalue weighted by Gasteiger charge is -2.06. The summed E-state index contributed by atoms with van der Waals surface area (Å²) in [6.45, 7) is 5.24. The Balaban J connectivity index is 1.33. The van der Waals surface area contributed by atoms with Crippen molar-refractivity contribution in [2.24, 2.45) is 0 Å². The molecular formula is C21H21N3O4. The number of ether oxygens (including phenoxy) is 2. The van der Waals surface area contributed by atoms with Crippen LogP contribution in [0.4, 0.5) is 0 Å². The van der Waals surface area contributed by atoms with Gasteiger partial charge in [0, 0.05) is 18.3 Å². The average molecular weight is 379 g/mol. The summed E-state index contributed by atoms with van der Waals surface area (Å²) in [6, 6.07) is 9.34. The number of furan rings is 1. The van der Waals surface area contributed by atoms with Crippen LogP contribution < -0.4 is 14.8 Å². The number of nitrogens with zero attached hydrogens (tertiary/aromatic N) is 2. The molecule has 0 aliphatic carbocycles. The second-order valence-corrected chi connectivity index (χ2v) is 6.48. The molecule has 1 aromatic carbocycles. The van der Waals surface area contributed by atoms with E-state index < -0.39 is 0 Å². The lowest BCUT2D eigenvalue weighted by Crippen LogP contribution is -2.26. The first-order valence-electron chi connectivity index (χ1n) is 9.05. The number of rotatable bonds is 6. The first-order valence-corrected chi connectivity index (χ1v) is 9.05. The number of hydrogen-bond acceptors (Lipinski definition) is 5. The topological polar surface area (TPSA) is 78.5 Å². The number of fused-ring (bicyclic) bond motifs is 1. The minimum Gasteiger partial charge on any atom is -0.464 e. The van der Waals surface area contributed by atoms with Crippen molar-refractivity contribution in [3.05, 3.63) is 59.6 Å². The molecule has 144 valence electrons. The van der Waals surface area contributed by atoms with E-state index in [1.165, 1.54) is 6.08 Å². The number of benzene rings is 1. The van der Waals surface area contributed by atoms with E-state index in [4.69, 9.17) is 13.9 Å². The van der Waals surface area contributed by atoms with E-state index in [0.29, 0.717) is 18.8 Å². The highest BCUT2D eigenvalue weighted by molar-refractivity contribution is 5.91. The van der Waals surface area contributed by atoms with Gasteiger partial charge in [-0.25, -0.2) is 0 Å². The van der Waals surface area contributed by atoms with Crippen molar-refractivity contribution < 1.29 is 18.7 Å². The first-order chi connectivity index (χ1) is 13.6. The highest BCUT2D eigenvalue weighted by Crippen LogP contribution is 2.32. The Kier molecular flexibility index (Phi) is 4.89. The largest absolute Gasteiger partial charge is 0.464 e. The molecule has 0 saturated carbocycles. The molecule has 0 bridgehead atoms. The summed E-state index contributed by atoms with van der Waals surface area (Å²) in [4.78, 5) is 12.1. The van der Waals surface area contributed by atoms with Crippen LogP contribution in [0.1, 0.15) is 17.0 Å². The summed E-state index contributed by atoms with van der Waals surface area (Å²) in [5.74, 6) is 2.06. The number of nitrogens with one attached hydrogen (secondary N) is 1. The summed E-state index contributed by atoms with van der Waals surface area (Å²) in [5, 5.41) is 7.43. The van der Waals surface area contributed by atoms with Crippen molar-refractivity contribution >= 4 is 12.0 Å². The van der Waals surface area contributed by atoms with Gasteiger partial charge in [0.2, 0.25) is 12.7 Å². The van der Waals surface area contributed by atoms with Gasteiger partial charge in [-0.15, -0.1) is 0 Å². The van der Waals surface area contributed by atoms with Crippen molar-refractivity contribution in [1.29, 1.82) is 0 Å². The van der Waals surface area contributed by atoms with Crippen molar-refractivity contribution in [2.75, 3.05) is 13.3 Å². The van der Waals surface area contributed by atoms with Gasteiger partial charge < -0.3 is 19.2 Å². The normalized spacial score (nSPS) is 12.6. The maximum absolute atomic E-state index is 12.1. The molecule has 3 aromatic rings. The number of carbonyl (C=O) groups excluding carboxylic acids is 1. The van der Waals surface area contributed by atoms with Crippen LogP contribution in [-0.2, 0) is 11.3 Å². The molecule has 1 N–H and O–H groups in total. The fourth-order valence-corrected chi connectivity index (χ4v) is 3.22. The molecule has 4 rings (SSSR count). The number of carbonyl (C=O) groups is 1. The molecule has 28 heavy (non-hydrogen) atoms. The zero-order valence-electron chi connectivity index (χ0n) is 15.8. The van der Waals surface area contributed by atoms with Gasteiger partial charge in [0.25, 0.3) is 0 Å². The molecule has 0 unspecified atom stereocenters. The molecule has 0 spiro atoms. The molecule has 0 saturated heterocycles. The molecule has 2 aromatic heterocycles. The molecule has 0 radical (unpaired) electrons. The zero-order chi connectivity index (χ0) is 19.5. The van der Waals surface area contributed by atoms with Crippen molar-refractivity contribution in [3.8, 4) is 22.8 Å². The van der Waals surface area contributed by atoms with Crippen LogP contribution in [0, 0.1) is 13.8 Å². The first kappa shape index (κ1) is 17.9. The fourth-order valence-electron chi connectivity index (χ4n) is 3.22. The number of aromatic nitrogens is 2. The average Bonchev–Trinajstić information content (AvgIpc) is 3.41. The van der Waals surface area contributed by atoms with E-state index in [2.05, 4.69) is 10.4 Å². The lowest BCUT2D eigenvalue weighted by molar-refractivity contribution is -0.116. The SMILES string of the molecule is Cc1nn(CCNC(=O)C=Cc2ccc3c(c2)OCO3)c(C)c1-c1ccco1. The monoisotopic (exact) mass is 379 g/mol. The summed E-state index contributed by atoms with van der Waals surface area (Å²) >= 11 is 0. The minimum atomic E-state index is -0.162. The third-order valence-electron chi connectivity index (χ3n) is 4.60. The third-order valence-corrected chi connectivity index (χ3v) is 4.60. The predicted molar refractivity (Wildman–Crippen MR) is 104 cm³/mol. The zero-order valence-corrected chi connectivity index (χ0v) is 15.8. The third kappa shape index (κ3) is 3.64. The molecular weight excluding hydrogens is 358 g/mol. The molecule has 1 aliphatic rings. The molecule has 7 nitrogen and oxygen atoms in total. The smallest absolute Gasteiger partial charge is 0.244 e. The Morgan fingerprint density at radius 1 is 1.25 bits per heavy atom. The maximum atomic E-state index is 12.1. The van der Waals surface area contributed by atoms with Crippen LogP contribution in [0.3, 0.4) is 0 Å². The van der Waals surface area contributed by atoms with Crippen LogP contribution >= 0.6 is 0 Å². The van der Waals surface area contributed by atoms with E-state index in [9.17, 15) is 4.79 Å². The van der Waals surface area contributed by atoms with E-state index >= 15 is 0 Å². The van der Waals surface area contributed by atoms with Crippen molar-refractivity contribution in [3.63, 3.8) is 0 Å². The number of amides is 1. The predicted octanol–water partition coefficient (Wildman–Crippen LogP) is 3.32. The molecule has 0 atom stereocenters. The van der Waals surface area contributed by atoms with Gasteiger partial charge in [-0.3, -0.25) is 9.48 Å². The van der Waals surface area contributed by atoms with Crippen LogP contribution in [0.25, 0.3) is 17.4 Å². The highest BCUT2D eigenvalue weighted by Gasteiger charge is 2.15. The lowest BCUT2D eigenvalue weighted by atomic mass is 10.1. The van der Waals surface area contributed by atoms with E-state index in [1.807, 2.05) is 48.9 Å². The standard InChI is InChI=1S/C21H21N3O4/c1-14-21(18-4-3-11-26-18)15(2)24(23-14)10-9-22-20(25)8-6-16-5-7-17-19(12-16)28-13-27-17/h3-8,11-12H,9-10,13H2,1-2H3,(H,22,25). The van der Waals surface area contributed by atoms with Gasteiger partial charge in [0.05, 0.1) is 24.1 Å². The van der Waals surface area contributed by atoms with Crippen molar-refractivity contribution in [1.82, 2.24) is 15.1 Å². The Hall–Kier alpha value is -3.48. The Bertz CT molecular complexity index is 1020. The Labute approximate surface area is 162 Å². The van der Waals surface area contributed by atoms with Gasteiger partial charge in [-0.05, 0) is 49.8 Å². The van der Waals surface area contributed by atoms with Gasteiger partial charge in [0.1, 0.15) is 5.76 Å². The second-order valence-electron chi connectivity index (χ2n) is 6.48. The summed E-state index contributed by atoms with van der Waals surface area (Å²) in [5.41, 5.74) is 3.79. The van der Waals surface area contributed by atoms with Gasteiger partial charge in [-0.1, -0.05) is 6.07 Å². The number of hydrogen-bond donors (Lipinski definition) is 1. The highest BCUT2D eigenvalue weighted by atomic mass is 16.7. The molecule has 7 heteroatoms. The number of aryl methyl sites for hydroxylation is 1. The molecule has 3 heterocycles. The molecule has 0 fully saturated rings. The van der Waals surface area contributed by atoms with E-state index in [1.54, 1.807) is 12.3 Å². The molecule has 1 amide bonds. The van der Waals surface area contributed by atoms with E-state index in [-0.39, 0.29) is 12.7 Å². The fraction of sp³-hybridized carbons (Fsp3) is 0.238. The summed E-state index contributed by atoms with van der Waals surface area (Å²) in [6.07, 6.45) is 4.90. The van der Waals surface area contributed by atoms with Gasteiger partial charge in [0.15, 0.2) is 11.5 Å². The quantitative estimate of drug-likeness (QED) is 0.665. The van der Waals surface area contributed by atoms with E-state index in [0.717, 1.165) is 34.0 Å². The summed E-state index contributed by atoms with van der Waals surface area (Å²) < 4.78 is 18.0.